The van der Waals surface area contributed by atoms with Gasteiger partial charge < -0.3 is 20.1 Å². The van der Waals surface area contributed by atoms with E-state index in [4.69, 9.17) is 9.47 Å². The number of nitrogens with one attached hydrogen (secondary N) is 2. The Morgan fingerprint density at radius 2 is 1.97 bits per heavy atom. The third-order valence-corrected chi connectivity index (χ3v) is 3.58. The van der Waals surface area contributed by atoms with Gasteiger partial charge >= 0.3 is 6.18 Å². The Labute approximate surface area is 189 Å². The standard InChI is InChI=1S/C19H22F4N4O2.HI/c1-13(29-16-7-3-6-15(20)9-16)10-26-18(24-2)27-11-14-5-4-8-25-17(14)28-12-19(21,22)23;/h3-9,13H,10-12H2,1-2H3,(H2,24,26,27);1H. The molecule has 0 saturated heterocycles. The van der Waals surface area contributed by atoms with E-state index in [9.17, 15) is 17.6 Å². The zero-order valence-electron chi connectivity index (χ0n) is 16.4. The SMILES string of the molecule is CN=C(NCc1cccnc1OCC(F)(F)F)NCC(C)Oc1cccc(F)c1.I. The number of halogens is 5. The minimum Gasteiger partial charge on any atom is -0.489 e. The molecule has 1 atom stereocenters. The molecule has 0 bridgehead atoms. The highest BCUT2D eigenvalue weighted by molar-refractivity contribution is 14.0. The van der Waals surface area contributed by atoms with E-state index in [1.165, 1.54) is 18.3 Å². The van der Waals surface area contributed by atoms with E-state index < -0.39 is 12.8 Å². The second-order valence-electron chi connectivity index (χ2n) is 6.06. The van der Waals surface area contributed by atoms with Gasteiger partial charge in [0, 0.05) is 31.4 Å². The van der Waals surface area contributed by atoms with Crippen LogP contribution in [0.3, 0.4) is 0 Å². The Morgan fingerprint density at radius 3 is 2.63 bits per heavy atom. The van der Waals surface area contributed by atoms with E-state index in [1.54, 1.807) is 38.2 Å². The van der Waals surface area contributed by atoms with Crippen LogP contribution < -0.4 is 20.1 Å². The summed E-state index contributed by atoms with van der Waals surface area (Å²) in [5.41, 5.74) is 0.448. The number of hydrogen-bond acceptors (Lipinski definition) is 4. The molecule has 1 heterocycles. The van der Waals surface area contributed by atoms with Gasteiger partial charge in [0.25, 0.3) is 0 Å². The van der Waals surface area contributed by atoms with Gasteiger partial charge in [0.2, 0.25) is 5.88 Å². The first-order chi connectivity index (χ1) is 13.8. The zero-order valence-corrected chi connectivity index (χ0v) is 18.7. The number of alkyl halides is 3. The number of nitrogens with zero attached hydrogens (tertiary/aromatic N) is 2. The molecule has 2 aromatic rings. The molecular weight excluding hydrogens is 519 g/mol. The molecule has 0 spiro atoms. The highest BCUT2D eigenvalue weighted by atomic mass is 127. The van der Waals surface area contributed by atoms with Crippen molar-refractivity contribution in [3.05, 3.63) is 54.0 Å². The minimum atomic E-state index is -4.45. The van der Waals surface area contributed by atoms with Gasteiger partial charge in [-0.05, 0) is 25.1 Å². The molecule has 11 heteroatoms. The predicted molar refractivity (Wildman–Crippen MR) is 116 cm³/mol. The van der Waals surface area contributed by atoms with Crippen molar-refractivity contribution < 1.29 is 27.0 Å². The summed E-state index contributed by atoms with van der Waals surface area (Å²) in [6.07, 6.45) is -3.38. The Morgan fingerprint density at radius 1 is 1.20 bits per heavy atom. The summed E-state index contributed by atoms with van der Waals surface area (Å²) in [4.78, 5) is 7.89. The van der Waals surface area contributed by atoms with Crippen molar-refractivity contribution in [2.45, 2.75) is 25.7 Å². The fourth-order valence-electron chi connectivity index (χ4n) is 2.29. The number of pyridine rings is 1. The Kier molecular flexibility index (Phi) is 10.6. The summed E-state index contributed by atoms with van der Waals surface area (Å²) in [5, 5.41) is 6.00. The van der Waals surface area contributed by atoms with Crippen LogP contribution >= 0.6 is 24.0 Å². The molecule has 30 heavy (non-hydrogen) atoms. The lowest BCUT2D eigenvalue weighted by atomic mass is 10.2. The zero-order chi connectivity index (χ0) is 21.3. The average Bonchev–Trinajstić information content (AvgIpc) is 2.66. The van der Waals surface area contributed by atoms with Crippen molar-refractivity contribution in [1.82, 2.24) is 15.6 Å². The Hall–Kier alpha value is -2.31. The first-order valence-corrected chi connectivity index (χ1v) is 8.77. The van der Waals surface area contributed by atoms with Crippen LogP contribution in [-0.2, 0) is 6.54 Å². The molecule has 1 aromatic heterocycles. The van der Waals surface area contributed by atoms with E-state index in [-0.39, 0.29) is 48.3 Å². The van der Waals surface area contributed by atoms with Crippen molar-refractivity contribution in [3.8, 4) is 11.6 Å². The molecule has 2 rings (SSSR count). The number of ether oxygens (including phenoxy) is 2. The molecular formula is C19H23F4IN4O2. The lowest BCUT2D eigenvalue weighted by molar-refractivity contribution is -0.154. The van der Waals surface area contributed by atoms with Crippen LogP contribution in [0.2, 0.25) is 0 Å². The van der Waals surface area contributed by atoms with E-state index in [2.05, 4.69) is 20.6 Å². The fourth-order valence-corrected chi connectivity index (χ4v) is 2.29. The first kappa shape index (κ1) is 25.7. The summed E-state index contributed by atoms with van der Waals surface area (Å²) in [7, 11) is 1.55. The van der Waals surface area contributed by atoms with Gasteiger partial charge in [-0.25, -0.2) is 9.37 Å². The largest absolute Gasteiger partial charge is 0.489 e. The van der Waals surface area contributed by atoms with Crippen LogP contribution in [0.5, 0.6) is 11.6 Å². The maximum atomic E-state index is 13.2. The fraction of sp³-hybridized carbons (Fsp3) is 0.368. The lowest BCUT2D eigenvalue weighted by Crippen LogP contribution is -2.41. The van der Waals surface area contributed by atoms with Crippen LogP contribution in [0.4, 0.5) is 17.6 Å². The van der Waals surface area contributed by atoms with E-state index >= 15 is 0 Å². The molecule has 1 unspecified atom stereocenters. The number of benzene rings is 1. The molecule has 0 aliphatic heterocycles. The third kappa shape index (κ3) is 9.46. The van der Waals surface area contributed by atoms with Crippen LogP contribution in [0.1, 0.15) is 12.5 Å². The molecule has 166 valence electrons. The van der Waals surface area contributed by atoms with Gasteiger partial charge in [0.15, 0.2) is 12.6 Å². The minimum absolute atomic E-state index is 0. The van der Waals surface area contributed by atoms with Crippen molar-refractivity contribution in [2.75, 3.05) is 20.2 Å². The van der Waals surface area contributed by atoms with Crippen LogP contribution in [0.25, 0.3) is 0 Å². The lowest BCUT2D eigenvalue weighted by Gasteiger charge is -2.18. The monoisotopic (exact) mass is 542 g/mol. The van der Waals surface area contributed by atoms with E-state index in [0.717, 1.165) is 0 Å². The number of rotatable bonds is 8. The smallest absolute Gasteiger partial charge is 0.422 e. The quantitative estimate of drug-likeness (QED) is 0.229. The van der Waals surface area contributed by atoms with Crippen molar-refractivity contribution in [1.29, 1.82) is 0 Å². The van der Waals surface area contributed by atoms with Gasteiger partial charge in [-0.2, -0.15) is 13.2 Å². The van der Waals surface area contributed by atoms with Gasteiger partial charge in [-0.3, -0.25) is 4.99 Å². The van der Waals surface area contributed by atoms with Crippen LogP contribution in [0.15, 0.2) is 47.6 Å². The number of hydrogen-bond donors (Lipinski definition) is 2. The van der Waals surface area contributed by atoms with Gasteiger partial charge in [-0.15, -0.1) is 24.0 Å². The molecule has 1 aromatic carbocycles. The summed E-state index contributed by atoms with van der Waals surface area (Å²) in [6, 6.07) is 9.02. The second-order valence-corrected chi connectivity index (χ2v) is 6.06. The Balaban J connectivity index is 0.00000450. The molecule has 0 amide bonds. The molecule has 2 N–H and O–H groups in total. The first-order valence-electron chi connectivity index (χ1n) is 8.77. The number of guanidine groups is 1. The normalized spacial score (nSPS) is 12.5. The van der Waals surface area contributed by atoms with E-state index in [0.29, 0.717) is 23.8 Å². The summed E-state index contributed by atoms with van der Waals surface area (Å²) >= 11 is 0. The molecule has 0 aliphatic carbocycles. The van der Waals surface area contributed by atoms with Gasteiger partial charge in [-0.1, -0.05) is 12.1 Å². The maximum absolute atomic E-state index is 13.2. The Bertz CT molecular complexity index is 821. The molecule has 0 saturated carbocycles. The molecule has 0 fully saturated rings. The maximum Gasteiger partial charge on any atom is 0.422 e. The van der Waals surface area contributed by atoms with E-state index in [1.807, 2.05) is 0 Å². The highest BCUT2D eigenvalue weighted by Crippen LogP contribution is 2.19. The molecule has 0 radical (unpaired) electrons. The third-order valence-electron chi connectivity index (χ3n) is 3.58. The second kappa shape index (κ2) is 12.4. The summed E-state index contributed by atoms with van der Waals surface area (Å²) < 4.78 is 60.7. The number of aliphatic imine (C=N–C) groups is 1. The highest BCUT2D eigenvalue weighted by Gasteiger charge is 2.29. The molecule has 0 aliphatic rings. The predicted octanol–water partition coefficient (Wildman–Crippen LogP) is 3.91. The van der Waals surface area contributed by atoms with Crippen molar-refractivity contribution in [3.63, 3.8) is 0 Å². The summed E-state index contributed by atoms with van der Waals surface area (Å²) in [5.74, 6) is 0.324. The summed E-state index contributed by atoms with van der Waals surface area (Å²) in [6.45, 7) is 0.898. The van der Waals surface area contributed by atoms with Gasteiger partial charge in [0.1, 0.15) is 17.7 Å². The van der Waals surface area contributed by atoms with Crippen molar-refractivity contribution in [2.24, 2.45) is 4.99 Å². The average molecular weight is 542 g/mol. The van der Waals surface area contributed by atoms with Crippen molar-refractivity contribution >= 4 is 29.9 Å². The van der Waals surface area contributed by atoms with Crippen LogP contribution in [0, 0.1) is 5.82 Å². The number of aromatic nitrogens is 1. The van der Waals surface area contributed by atoms with Gasteiger partial charge in [0.05, 0.1) is 6.54 Å². The molecule has 6 nitrogen and oxygen atoms in total. The van der Waals surface area contributed by atoms with Crippen LogP contribution in [-0.4, -0.2) is 43.4 Å². The topological polar surface area (TPSA) is 67.8 Å².